The van der Waals surface area contributed by atoms with Crippen molar-refractivity contribution in [3.8, 4) is 0 Å². The van der Waals surface area contributed by atoms with Crippen LogP contribution in [0.4, 0.5) is 8.78 Å². The van der Waals surface area contributed by atoms with E-state index in [-0.39, 0.29) is 17.4 Å². The number of esters is 1. The fourth-order valence-corrected chi connectivity index (χ4v) is 6.95. The lowest BCUT2D eigenvalue weighted by molar-refractivity contribution is -0.175. The molecule has 1 aromatic rings. The van der Waals surface area contributed by atoms with E-state index in [2.05, 4.69) is 36.4 Å². The molecule has 28 heavy (non-hydrogen) atoms. The van der Waals surface area contributed by atoms with Crippen LogP contribution in [0, 0.1) is 31.1 Å². The molecule has 5 rings (SSSR count). The Bertz CT molecular complexity index is 768. The van der Waals surface area contributed by atoms with E-state index >= 15 is 0 Å². The molecule has 4 saturated carbocycles. The maximum Gasteiger partial charge on any atom is 0.415 e. The lowest BCUT2D eigenvalue weighted by atomic mass is 9.43. The molecule has 154 valence electrons. The largest absolute Gasteiger partial charge is 0.460 e. The second-order valence-corrected chi connectivity index (χ2v) is 10.1. The van der Waals surface area contributed by atoms with Gasteiger partial charge in [0.25, 0.3) is 0 Å². The molecule has 2 atom stereocenters. The zero-order valence-corrected chi connectivity index (χ0v) is 17.0. The van der Waals surface area contributed by atoms with Gasteiger partial charge in [-0.3, -0.25) is 0 Å². The van der Waals surface area contributed by atoms with E-state index in [9.17, 15) is 13.6 Å². The van der Waals surface area contributed by atoms with E-state index in [1.54, 1.807) is 0 Å². The van der Waals surface area contributed by atoms with Gasteiger partial charge in [-0.15, -0.1) is 0 Å². The summed E-state index contributed by atoms with van der Waals surface area (Å²) < 4.78 is 35.7. The van der Waals surface area contributed by atoms with Crippen molar-refractivity contribution < 1.29 is 27.9 Å². The third-order valence-electron chi connectivity index (χ3n) is 7.02. The topological polar surface area (TPSA) is 55.8 Å². The molecule has 1 aromatic carbocycles. The summed E-state index contributed by atoms with van der Waals surface area (Å²) in [5, 5.41) is 4.32. The number of aryl methyl sites for hydroxylation is 2. The first-order valence-corrected chi connectivity index (χ1v) is 10.5. The predicted molar refractivity (Wildman–Crippen MR) is 102 cm³/mol. The minimum atomic E-state index is -3.91. The molecule has 4 aliphatic rings. The van der Waals surface area contributed by atoms with Gasteiger partial charge in [-0.1, -0.05) is 23.8 Å². The second-order valence-electron chi connectivity index (χ2n) is 9.31. The average molecular weight is 412 g/mol. The fourth-order valence-electron chi connectivity index (χ4n) is 6.73. The summed E-state index contributed by atoms with van der Waals surface area (Å²) in [5.74, 6) is -0.546. The molecule has 4 aliphatic carbocycles. The van der Waals surface area contributed by atoms with Gasteiger partial charge >= 0.3 is 11.2 Å². The zero-order valence-electron chi connectivity index (χ0n) is 16.2. The van der Waals surface area contributed by atoms with E-state index in [4.69, 9.17) is 9.99 Å². The number of carbonyl (C=O) groups excluding carboxylic acids is 1. The van der Waals surface area contributed by atoms with Crippen LogP contribution < -0.4 is 0 Å². The summed E-state index contributed by atoms with van der Waals surface area (Å²) in [6.45, 7) is 4.25. The third kappa shape index (κ3) is 3.46. The molecular formula is C21H26F2O4S. The molecule has 4 fully saturated rings. The van der Waals surface area contributed by atoms with Crippen LogP contribution >= 0.6 is 12.0 Å². The Labute approximate surface area is 168 Å². The molecule has 0 radical (unpaired) electrons. The quantitative estimate of drug-likeness (QED) is 0.293. The summed E-state index contributed by atoms with van der Waals surface area (Å²) in [7, 11) is 0. The summed E-state index contributed by atoms with van der Waals surface area (Å²) >= 11 is -0.594. The second kappa shape index (κ2) is 6.96. The van der Waals surface area contributed by atoms with Crippen molar-refractivity contribution in [2.24, 2.45) is 17.3 Å². The van der Waals surface area contributed by atoms with Crippen molar-refractivity contribution in [1.29, 1.82) is 0 Å². The Morgan fingerprint density at radius 3 is 2.54 bits per heavy atom. The minimum Gasteiger partial charge on any atom is -0.460 e. The Kier molecular flexibility index (Phi) is 5.00. The van der Waals surface area contributed by atoms with Crippen molar-refractivity contribution in [1.82, 2.24) is 0 Å². The van der Waals surface area contributed by atoms with Gasteiger partial charge < -0.3 is 4.74 Å². The highest BCUT2D eigenvalue weighted by Crippen LogP contribution is 2.66. The average Bonchev–Trinajstić information content (AvgIpc) is 2.58. The van der Waals surface area contributed by atoms with Gasteiger partial charge in [-0.25, -0.2) is 10.1 Å². The first-order chi connectivity index (χ1) is 13.2. The third-order valence-corrected chi connectivity index (χ3v) is 7.48. The van der Waals surface area contributed by atoms with Crippen LogP contribution in [0.2, 0.25) is 0 Å². The lowest BCUT2D eigenvalue weighted by Crippen LogP contribution is -2.56. The molecule has 0 amide bonds. The van der Waals surface area contributed by atoms with E-state index in [0.717, 1.165) is 32.1 Å². The fraction of sp³-hybridized carbons (Fsp3) is 0.667. The zero-order chi connectivity index (χ0) is 20.2. The van der Waals surface area contributed by atoms with E-state index in [1.165, 1.54) is 23.1 Å². The van der Waals surface area contributed by atoms with Gasteiger partial charge in [0.15, 0.2) is 0 Å². The van der Waals surface area contributed by atoms with Crippen LogP contribution in [0.1, 0.15) is 55.2 Å². The minimum absolute atomic E-state index is 0.00701. The Balaban J connectivity index is 1.57. The molecule has 0 aromatic heterocycles. The van der Waals surface area contributed by atoms with Crippen LogP contribution in [0.5, 0.6) is 0 Å². The van der Waals surface area contributed by atoms with Gasteiger partial charge in [-0.2, -0.15) is 13.1 Å². The summed E-state index contributed by atoms with van der Waals surface area (Å²) in [6.07, 6.45) is 6.18. The molecule has 4 bridgehead atoms. The summed E-state index contributed by atoms with van der Waals surface area (Å²) in [4.78, 5) is 11.8. The van der Waals surface area contributed by atoms with Crippen molar-refractivity contribution in [2.45, 2.75) is 63.0 Å². The Morgan fingerprint density at radius 2 is 1.93 bits per heavy atom. The molecule has 4 nitrogen and oxygen atoms in total. The first kappa shape index (κ1) is 20.1. The van der Waals surface area contributed by atoms with Crippen LogP contribution in [0.15, 0.2) is 18.2 Å². The van der Waals surface area contributed by atoms with Gasteiger partial charge in [0, 0.05) is 5.41 Å². The van der Waals surface area contributed by atoms with Crippen LogP contribution in [-0.4, -0.2) is 23.1 Å². The normalized spacial score (nSPS) is 33.9. The van der Waals surface area contributed by atoms with Crippen LogP contribution in [0.25, 0.3) is 0 Å². The number of rotatable bonds is 6. The number of alkyl halides is 2. The van der Waals surface area contributed by atoms with Gasteiger partial charge in [0.2, 0.25) is 0 Å². The van der Waals surface area contributed by atoms with E-state index in [0.29, 0.717) is 11.8 Å². The molecule has 0 aliphatic heterocycles. The molecule has 7 heteroatoms. The molecule has 0 heterocycles. The van der Waals surface area contributed by atoms with Crippen LogP contribution in [0.3, 0.4) is 0 Å². The highest BCUT2D eigenvalue weighted by atomic mass is 32.2. The Hall–Kier alpha value is -1.18. The number of hydrogen-bond acceptors (Lipinski definition) is 5. The Morgan fingerprint density at radius 1 is 1.25 bits per heavy atom. The first-order valence-electron chi connectivity index (χ1n) is 9.79. The number of ether oxygens (including phenoxy) is 1. The number of benzene rings is 1. The van der Waals surface area contributed by atoms with E-state index < -0.39 is 23.3 Å². The van der Waals surface area contributed by atoms with E-state index in [1.807, 2.05) is 0 Å². The maximum absolute atomic E-state index is 13.6. The van der Waals surface area contributed by atoms with Gasteiger partial charge in [-0.05, 0) is 80.8 Å². The highest BCUT2D eigenvalue weighted by molar-refractivity contribution is 7.96. The SMILES string of the molecule is Cc1ccc(C23CC4CC(CC(COC(=O)C(F)(F)SOO)(C4)C2)C3)c(C)c1. The summed E-state index contributed by atoms with van der Waals surface area (Å²) in [5.41, 5.74) is 3.72. The van der Waals surface area contributed by atoms with Gasteiger partial charge in [0.1, 0.15) is 12.0 Å². The van der Waals surface area contributed by atoms with Crippen molar-refractivity contribution in [3.05, 3.63) is 34.9 Å². The van der Waals surface area contributed by atoms with Crippen LogP contribution in [-0.2, 0) is 19.3 Å². The highest BCUT2D eigenvalue weighted by Gasteiger charge is 2.59. The smallest absolute Gasteiger partial charge is 0.415 e. The molecule has 0 spiro atoms. The summed E-state index contributed by atoms with van der Waals surface area (Å²) in [6, 6.07) is 6.61. The molecule has 2 unspecified atom stereocenters. The lowest BCUT2D eigenvalue weighted by Gasteiger charge is -2.62. The number of hydrogen-bond donors (Lipinski definition) is 1. The number of carbonyl (C=O) groups is 1. The number of halogens is 2. The predicted octanol–water partition coefficient (Wildman–Crippen LogP) is 5.42. The van der Waals surface area contributed by atoms with Crippen molar-refractivity contribution in [2.75, 3.05) is 6.61 Å². The van der Waals surface area contributed by atoms with Crippen molar-refractivity contribution in [3.63, 3.8) is 0 Å². The monoisotopic (exact) mass is 412 g/mol. The molecular weight excluding hydrogens is 386 g/mol. The molecule has 1 N–H and O–H groups in total. The van der Waals surface area contributed by atoms with Crippen molar-refractivity contribution >= 4 is 18.0 Å². The standard InChI is InChI=1S/C21H26F2O4S/c1-13-3-4-17(14(2)5-13)20-9-15-6-16(10-20)8-19(7-15,11-20)12-26-18(24)21(22,23)28-27-25/h3-5,15-16,25H,6-12H2,1-2H3. The van der Waals surface area contributed by atoms with Gasteiger partial charge in [0.05, 0.1) is 6.61 Å². The molecule has 0 saturated heterocycles. The maximum atomic E-state index is 13.6.